The lowest BCUT2D eigenvalue weighted by Crippen LogP contribution is -2.26. The Morgan fingerprint density at radius 1 is 0.913 bits per heavy atom. The van der Waals surface area contributed by atoms with Crippen molar-refractivity contribution in [3.63, 3.8) is 0 Å². The molecule has 0 radical (unpaired) electrons. The van der Waals surface area contributed by atoms with E-state index in [0.29, 0.717) is 6.54 Å². The summed E-state index contributed by atoms with van der Waals surface area (Å²) in [5.74, 6) is 0. The van der Waals surface area contributed by atoms with Crippen LogP contribution in [0.15, 0.2) is 66.0 Å². The maximum atomic E-state index is 5.98. The van der Waals surface area contributed by atoms with Crippen LogP contribution in [0.3, 0.4) is 0 Å². The third-order valence-electron chi connectivity index (χ3n) is 4.66. The maximum Gasteiger partial charge on any atom is 0.0286 e. The summed E-state index contributed by atoms with van der Waals surface area (Å²) in [6, 6.07) is 21.6. The first-order valence-corrected chi connectivity index (χ1v) is 8.94. The zero-order chi connectivity index (χ0) is 16.3. The molecule has 1 nitrogen and oxygen atoms in total. The van der Waals surface area contributed by atoms with Gasteiger partial charge in [-0.1, -0.05) is 61.5 Å². The summed E-state index contributed by atoms with van der Waals surface area (Å²) in [7, 11) is 0. The Kier molecular flexibility index (Phi) is 4.65. The van der Waals surface area contributed by atoms with Gasteiger partial charge in [-0.3, -0.25) is 0 Å². The van der Waals surface area contributed by atoms with Gasteiger partial charge in [-0.2, -0.15) is 0 Å². The van der Waals surface area contributed by atoms with Gasteiger partial charge >= 0.3 is 0 Å². The monoisotopic (exact) mass is 321 g/mol. The highest BCUT2D eigenvalue weighted by molar-refractivity contribution is 7.10. The molecule has 0 saturated heterocycles. The second-order valence-corrected chi connectivity index (χ2v) is 7.13. The van der Waals surface area contributed by atoms with Crippen molar-refractivity contribution in [2.24, 2.45) is 5.73 Å². The normalized spacial score (nSPS) is 13.7. The SMILES string of the molecule is Cc1ccccc1-c1ccsc1C(C)(CCN)c1ccccc1. The van der Waals surface area contributed by atoms with Crippen molar-refractivity contribution in [2.75, 3.05) is 6.54 Å². The van der Waals surface area contributed by atoms with Gasteiger partial charge in [-0.25, -0.2) is 0 Å². The molecule has 0 saturated carbocycles. The van der Waals surface area contributed by atoms with Crippen LogP contribution in [0.4, 0.5) is 0 Å². The Bertz CT molecular complexity index is 775. The second-order valence-electron chi connectivity index (χ2n) is 6.22. The largest absolute Gasteiger partial charge is 0.330 e. The number of aryl methyl sites for hydroxylation is 1. The van der Waals surface area contributed by atoms with E-state index in [1.165, 1.54) is 27.1 Å². The predicted molar refractivity (Wildman–Crippen MR) is 101 cm³/mol. The molecule has 0 aliphatic rings. The summed E-state index contributed by atoms with van der Waals surface area (Å²) in [5.41, 5.74) is 11.2. The maximum absolute atomic E-state index is 5.98. The van der Waals surface area contributed by atoms with Crippen LogP contribution in [0.2, 0.25) is 0 Å². The molecule has 2 aromatic carbocycles. The lowest BCUT2D eigenvalue weighted by Gasteiger charge is -2.30. The van der Waals surface area contributed by atoms with Gasteiger partial charge < -0.3 is 5.73 Å². The summed E-state index contributed by atoms with van der Waals surface area (Å²) in [4.78, 5) is 1.41. The number of rotatable bonds is 5. The van der Waals surface area contributed by atoms with Crippen molar-refractivity contribution in [3.8, 4) is 11.1 Å². The van der Waals surface area contributed by atoms with Gasteiger partial charge in [0.05, 0.1) is 0 Å². The lowest BCUT2D eigenvalue weighted by atomic mass is 9.76. The van der Waals surface area contributed by atoms with Crippen LogP contribution in [0, 0.1) is 6.92 Å². The molecule has 0 aliphatic carbocycles. The van der Waals surface area contributed by atoms with Crippen LogP contribution >= 0.6 is 11.3 Å². The molecule has 0 spiro atoms. The van der Waals surface area contributed by atoms with E-state index < -0.39 is 0 Å². The molecule has 1 aromatic heterocycles. The van der Waals surface area contributed by atoms with Crippen molar-refractivity contribution in [1.82, 2.24) is 0 Å². The fourth-order valence-corrected chi connectivity index (χ4v) is 4.43. The third kappa shape index (κ3) is 2.97. The fourth-order valence-electron chi connectivity index (χ4n) is 3.31. The highest BCUT2D eigenvalue weighted by atomic mass is 32.1. The molecule has 3 aromatic rings. The predicted octanol–water partition coefficient (Wildman–Crippen LogP) is 5.38. The van der Waals surface area contributed by atoms with E-state index in [9.17, 15) is 0 Å². The summed E-state index contributed by atoms with van der Waals surface area (Å²) < 4.78 is 0. The van der Waals surface area contributed by atoms with E-state index in [0.717, 1.165) is 6.42 Å². The van der Waals surface area contributed by atoms with E-state index in [-0.39, 0.29) is 5.41 Å². The van der Waals surface area contributed by atoms with Crippen LogP contribution in [0.1, 0.15) is 29.3 Å². The summed E-state index contributed by atoms with van der Waals surface area (Å²) in [6.07, 6.45) is 0.941. The lowest BCUT2D eigenvalue weighted by molar-refractivity contribution is 0.539. The first-order chi connectivity index (χ1) is 11.2. The highest BCUT2D eigenvalue weighted by Crippen LogP contribution is 2.44. The standard InChI is InChI=1S/C21H23NS/c1-16-8-6-7-11-18(16)19-12-15-23-20(19)21(2,13-14-22)17-9-4-3-5-10-17/h3-12,15H,13-14,22H2,1-2H3. The molecule has 0 bridgehead atoms. The summed E-state index contributed by atoms with van der Waals surface area (Å²) in [5, 5.41) is 2.20. The van der Waals surface area contributed by atoms with Crippen molar-refractivity contribution < 1.29 is 0 Å². The van der Waals surface area contributed by atoms with Crippen molar-refractivity contribution >= 4 is 11.3 Å². The zero-order valence-electron chi connectivity index (χ0n) is 13.8. The fraction of sp³-hybridized carbons (Fsp3) is 0.238. The Labute approximate surface area is 142 Å². The average molecular weight is 321 g/mol. The van der Waals surface area contributed by atoms with E-state index in [2.05, 4.69) is 79.9 Å². The number of nitrogens with two attached hydrogens (primary N) is 1. The molecule has 0 fully saturated rings. The Balaban J connectivity index is 2.17. The van der Waals surface area contributed by atoms with Gasteiger partial charge in [-0.05, 0) is 53.6 Å². The van der Waals surface area contributed by atoms with Crippen molar-refractivity contribution in [3.05, 3.63) is 82.0 Å². The molecule has 1 unspecified atom stereocenters. The molecule has 2 N–H and O–H groups in total. The van der Waals surface area contributed by atoms with Gasteiger partial charge in [0.15, 0.2) is 0 Å². The van der Waals surface area contributed by atoms with Crippen LogP contribution in [-0.4, -0.2) is 6.54 Å². The van der Waals surface area contributed by atoms with Crippen LogP contribution in [0.5, 0.6) is 0 Å². The molecule has 118 valence electrons. The van der Waals surface area contributed by atoms with E-state index in [1.54, 1.807) is 0 Å². The summed E-state index contributed by atoms with van der Waals surface area (Å²) in [6.45, 7) is 5.18. The number of hydrogen-bond acceptors (Lipinski definition) is 2. The molecular formula is C21H23NS. The van der Waals surface area contributed by atoms with E-state index >= 15 is 0 Å². The second kappa shape index (κ2) is 6.69. The Morgan fingerprint density at radius 2 is 1.61 bits per heavy atom. The molecular weight excluding hydrogens is 298 g/mol. The molecule has 3 rings (SSSR count). The van der Waals surface area contributed by atoms with Gasteiger partial charge in [0, 0.05) is 10.3 Å². The average Bonchev–Trinajstić information content (AvgIpc) is 3.06. The zero-order valence-corrected chi connectivity index (χ0v) is 14.6. The number of hydrogen-bond donors (Lipinski definition) is 1. The molecule has 23 heavy (non-hydrogen) atoms. The van der Waals surface area contributed by atoms with Gasteiger partial charge in [0.25, 0.3) is 0 Å². The molecule has 0 amide bonds. The molecule has 2 heteroatoms. The minimum absolute atomic E-state index is 0.0538. The highest BCUT2D eigenvalue weighted by Gasteiger charge is 2.32. The Hall–Kier alpha value is -1.90. The number of thiophene rings is 1. The van der Waals surface area contributed by atoms with Crippen LogP contribution in [0.25, 0.3) is 11.1 Å². The van der Waals surface area contributed by atoms with Crippen LogP contribution in [-0.2, 0) is 5.41 Å². The number of benzene rings is 2. The van der Waals surface area contributed by atoms with Crippen LogP contribution < -0.4 is 5.73 Å². The molecule has 1 heterocycles. The van der Waals surface area contributed by atoms with Gasteiger partial charge in [0.2, 0.25) is 0 Å². The van der Waals surface area contributed by atoms with E-state index in [1.807, 2.05) is 11.3 Å². The molecule has 1 atom stereocenters. The quantitative estimate of drug-likeness (QED) is 0.671. The minimum Gasteiger partial charge on any atom is -0.330 e. The van der Waals surface area contributed by atoms with Gasteiger partial charge in [0.1, 0.15) is 0 Å². The topological polar surface area (TPSA) is 26.0 Å². The van der Waals surface area contributed by atoms with Gasteiger partial charge in [-0.15, -0.1) is 11.3 Å². The minimum atomic E-state index is -0.0538. The molecule has 0 aliphatic heterocycles. The smallest absolute Gasteiger partial charge is 0.0286 e. The van der Waals surface area contributed by atoms with Crippen molar-refractivity contribution in [2.45, 2.75) is 25.7 Å². The first kappa shape index (κ1) is 16.0. The third-order valence-corrected chi connectivity index (χ3v) is 5.84. The first-order valence-electron chi connectivity index (χ1n) is 8.06. The Morgan fingerprint density at radius 3 is 2.30 bits per heavy atom. The summed E-state index contributed by atoms with van der Waals surface area (Å²) >= 11 is 1.84. The van der Waals surface area contributed by atoms with Crippen molar-refractivity contribution in [1.29, 1.82) is 0 Å². The van der Waals surface area contributed by atoms with E-state index in [4.69, 9.17) is 5.73 Å².